The first-order chi connectivity index (χ1) is 6.72. The molecule has 74 valence electrons. The van der Waals surface area contributed by atoms with E-state index in [0.717, 1.165) is 24.1 Å². The first-order valence-corrected chi connectivity index (χ1v) is 4.90. The average molecular weight is 190 g/mol. The molecule has 14 heavy (non-hydrogen) atoms. The lowest BCUT2D eigenvalue weighted by atomic mass is 9.88. The van der Waals surface area contributed by atoms with Crippen LogP contribution < -0.4 is 11.1 Å². The summed E-state index contributed by atoms with van der Waals surface area (Å²) in [4.78, 5) is 11.5. The molecule has 1 aromatic rings. The van der Waals surface area contributed by atoms with Crippen LogP contribution in [-0.2, 0) is 0 Å². The predicted octanol–water partition coefficient (Wildman–Crippen LogP) is 1.51. The molecule has 1 unspecified atom stereocenters. The molecule has 0 radical (unpaired) electrons. The van der Waals surface area contributed by atoms with Gasteiger partial charge in [0, 0.05) is 23.7 Å². The smallest absolute Gasteiger partial charge is 0.251 e. The maximum Gasteiger partial charge on any atom is 0.251 e. The number of amides is 1. The number of hydrogen-bond donors (Lipinski definition) is 2. The van der Waals surface area contributed by atoms with Crippen molar-refractivity contribution in [2.75, 3.05) is 12.3 Å². The van der Waals surface area contributed by atoms with E-state index in [1.54, 1.807) is 6.07 Å². The number of fused-ring (bicyclic) bond motifs is 1. The van der Waals surface area contributed by atoms with Crippen LogP contribution in [0.2, 0.25) is 0 Å². The second kappa shape index (κ2) is 3.33. The van der Waals surface area contributed by atoms with Crippen LogP contribution in [0.5, 0.6) is 0 Å². The molecule has 3 nitrogen and oxygen atoms in total. The zero-order valence-electron chi connectivity index (χ0n) is 8.21. The van der Waals surface area contributed by atoms with E-state index in [0.29, 0.717) is 11.6 Å². The maximum atomic E-state index is 11.5. The van der Waals surface area contributed by atoms with Crippen molar-refractivity contribution < 1.29 is 4.79 Å². The zero-order chi connectivity index (χ0) is 10.1. The standard InChI is InChI=1S/C11H14N2O/c1-2-7-6-13-11(14)10-5-8(12)3-4-9(7)10/h3-5,7H,2,6,12H2,1H3,(H,13,14). The van der Waals surface area contributed by atoms with E-state index in [4.69, 9.17) is 5.73 Å². The Morgan fingerprint density at radius 3 is 3.07 bits per heavy atom. The summed E-state index contributed by atoms with van der Waals surface area (Å²) in [6, 6.07) is 5.59. The largest absolute Gasteiger partial charge is 0.399 e. The van der Waals surface area contributed by atoms with E-state index in [1.807, 2.05) is 12.1 Å². The van der Waals surface area contributed by atoms with Gasteiger partial charge in [-0.3, -0.25) is 4.79 Å². The van der Waals surface area contributed by atoms with Gasteiger partial charge in [0.2, 0.25) is 0 Å². The number of benzene rings is 1. The van der Waals surface area contributed by atoms with Gasteiger partial charge in [-0.25, -0.2) is 0 Å². The van der Waals surface area contributed by atoms with Gasteiger partial charge < -0.3 is 11.1 Å². The van der Waals surface area contributed by atoms with Crippen molar-refractivity contribution >= 4 is 11.6 Å². The van der Waals surface area contributed by atoms with Gasteiger partial charge in [-0.2, -0.15) is 0 Å². The van der Waals surface area contributed by atoms with E-state index in [9.17, 15) is 4.79 Å². The molecule has 1 atom stereocenters. The summed E-state index contributed by atoms with van der Waals surface area (Å²) in [5.41, 5.74) is 8.17. The quantitative estimate of drug-likeness (QED) is 0.659. The number of carbonyl (C=O) groups excluding carboxylic acids is 1. The Morgan fingerprint density at radius 2 is 2.36 bits per heavy atom. The minimum atomic E-state index is -0.00278. The fourth-order valence-corrected chi connectivity index (χ4v) is 1.91. The topological polar surface area (TPSA) is 55.1 Å². The molecule has 0 fully saturated rings. The van der Waals surface area contributed by atoms with Crippen LogP contribution in [0, 0.1) is 0 Å². The van der Waals surface area contributed by atoms with Crippen LogP contribution in [0.25, 0.3) is 0 Å². The molecule has 0 saturated carbocycles. The summed E-state index contributed by atoms with van der Waals surface area (Å²) in [5.74, 6) is 0.431. The van der Waals surface area contributed by atoms with Crippen LogP contribution >= 0.6 is 0 Å². The summed E-state index contributed by atoms with van der Waals surface area (Å²) < 4.78 is 0. The Morgan fingerprint density at radius 1 is 1.57 bits per heavy atom. The van der Waals surface area contributed by atoms with E-state index < -0.39 is 0 Å². The van der Waals surface area contributed by atoms with Gasteiger partial charge in [0.15, 0.2) is 0 Å². The summed E-state index contributed by atoms with van der Waals surface area (Å²) in [5, 5.41) is 2.87. The molecule has 3 heteroatoms. The lowest BCUT2D eigenvalue weighted by molar-refractivity contribution is 0.0940. The Bertz CT molecular complexity index is 374. The van der Waals surface area contributed by atoms with Crippen molar-refractivity contribution in [1.29, 1.82) is 0 Å². The van der Waals surface area contributed by atoms with Crippen molar-refractivity contribution in [1.82, 2.24) is 5.32 Å². The van der Waals surface area contributed by atoms with Gasteiger partial charge in [-0.05, 0) is 24.1 Å². The molecule has 0 bridgehead atoms. The molecular formula is C11H14N2O. The number of hydrogen-bond acceptors (Lipinski definition) is 2. The van der Waals surface area contributed by atoms with E-state index in [-0.39, 0.29) is 5.91 Å². The molecule has 2 rings (SSSR count). The SMILES string of the molecule is CCC1CNC(=O)c2cc(N)ccc21. The Hall–Kier alpha value is -1.51. The molecule has 3 N–H and O–H groups in total. The molecule has 0 spiro atoms. The van der Waals surface area contributed by atoms with Crippen molar-refractivity contribution in [3.63, 3.8) is 0 Å². The highest BCUT2D eigenvalue weighted by molar-refractivity contribution is 5.97. The third kappa shape index (κ3) is 1.35. The normalized spacial score (nSPS) is 20.1. The monoisotopic (exact) mass is 190 g/mol. The van der Waals surface area contributed by atoms with Gasteiger partial charge in [0.05, 0.1) is 0 Å². The molecule has 1 aliphatic heterocycles. The van der Waals surface area contributed by atoms with Crippen LogP contribution in [-0.4, -0.2) is 12.5 Å². The second-order valence-corrected chi connectivity index (χ2v) is 3.66. The number of nitrogen functional groups attached to an aromatic ring is 1. The first kappa shape index (κ1) is 9.06. The highest BCUT2D eigenvalue weighted by atomic mass is 16.1. The van der Waals surface area contributed by atoms with Gasteiger partial charge >= 0.3 is 0 Å². The van der Waals surface area contributed by atoms with Crippen LogP contribution in [0.15, 0.2) is 18.2 Å². The summed E-state index contributed by atoms with van der Waals surface area (Å²) in [6.45, 7) is 2.87. The third-order valence-corrected chi connectivity index (χ3v) is 2.76. The molecule has 1 aromatic carbocycles. The maximum absolute atomic E-state index is 11.5. The Labute approximate surface area is 83.3 Å². The second-order valence-electron chi connectivity index (χ2n) is 3.66. The first-order valence-electron chi connectivity index (χ1n) is 4.90. The van der Waals surface area contributed by atoms with E-state index >= 15 is 0 Å². The molecule has 0 aromatic heterocycles. The molecular weight excluding hydrogens is 176 g/mol. The van der Waals surface area contributed by atoms with Crippen molar-refractivity contribution in [3.8, 4) is 0 Å². The molecule has 1 amide bonds. The van der Waals surface area contributed by atoms with Crippen LogP contribution in [0.4, 0.5) is 5.69 Å². The molecule has 1 heterocycles. The van der Waals surface area contributed by atoms with Gasteiger partial charge in [-0.1, -0.05) is 13.0 Å². The minimum Gasteiger partial charge on any atom is -0.399 e. The van der Waals surface area contributed by atoms with Crippen molar-refractivity contribution in [2.45, 2.75) is 19.3 Å². The molecule has 0 aliphatic carbocycles. The fraction of sp³-hybridized carbons (Fsp3) is 0.364. The third-order valence-electron chi connectivity index (χ3n) is 2.76. The number of nitrogens with two attached hydrogens (primary N) is 1. The average Bonchev–Trinajstić information content (AvgIpc) is 2.19. The number of nitrogens with one attached hydrogen (secondary N) is 1. The van der Waals surface area contributed by atoms with E-state index in [1.165, 1.54) is 0 Å². The van der Waals surface area contributed by atoms with Gasteiger partial charge in [-0.15, -0.1) is 0 Å². The Kier molecular flexibility index (Phi) is 2.15. The predicted molar refractivity (Wildman–Crippen MR) is 56.2 cm³/mol. The van der Waals surface area contributed by atoms with E-state index in [2.05, 4.69) is 12.2 Å². The lowest BCUT2D eigenvalue weighted by Gasteiger charge is -2.24. The summed E-state index contributed by atoms with van der Waals surface area (Å²) in [6.07, 6.45) is 1.04. The minimum absolute atomic E-state index is 0.00278. The van der Waals surface area contributed by atoms with Gasteiger partial charge in [0.1, 0.15) is 0 Å². The zero-order valence-corrected chi connectivity index (χ0v) is 8.21. The highest BCUT2D eigenvalue weighted by Crippen LogP contribution is 2.27. The fourth-order valence-electron chi connectivity index (χ4n) is 1.91. The van der Waals surface area contributed by atoms with Crippen molar-refractivity contribution in [2.24, 2.45) is 0 Å². The Balaban J connectivity index is 2.51. The summed E-state index contributed by atoms with van der Waals surface area (Å²) in [7, 11) is 0. The molecule has 1 aliphatic rings. The number of rotatable bonds is 1. The van der Waals surface area contributed by atoms with Crippen LogP contribution in [0.1, 0.15) is 35.2 Å². The van der Waals surface area contributed by atoms with Crippen molar-refractivity contribution in [3.05, 3.63) is 29.3 Å². The lowest BCUT2D eigenvalue weighted by Crippen LogP contribution is -2.34. The molecule has 0 saturated heterocycles. The van der Waals surface area contributed by atoms with Crippen LogP contribution in [0.3, 0.4) is 0 Å². The highest BCUT2D eigenvalue weighted by Gasteiger charge is 2.23. The number of anilines is 1. The number of carbonyl (C=O) groups is 1. The van der Waals surface area contributed by atoms with Gasteiger partial charge in [0.25, 0.3) is 5.91 Å². The summed E-state index contributed by atoms with van der Waals surface area (Å²) >= 11 is 0.